The van der Waals surface area contributed by atoms with Gasteiger partial charge in [0.05, 0.1) is 0 Å². The van der Waals surface area contributed by atoms with Crippen LogP contribution in [0.3, 0.4) is 0 Å². The average Bonchev–Trinajstić information content (AvgIpc) is 2.06. The second kappa shape index (κ2) is 2.59. The first kappa shape index (κ1) is 6.74. The van der Waals surface area contributed by atoms with Crippen molar-refractivity contribution in [1.29, 1.82) is 0 Å². The fourth-order valence-corrected chi connectivity index (χ4v) is 1.51. The van der Waals surface area contributed by atoms with Gasteiger partial charge in [-0.2, -0.15) is 0 Å². The molecule has 1 aromatic rings. The van der Waals surface area contributed by atoms with Crippen molar-refractivity contribution in [3.63, 3.8) is 0 Å². The van der Waals surface area contributed by atoms with Crippen LogP contribution in [-0.2, 0) is 0 Å². The summed E-state index contributed by atoms with van der Waals surface area (Å²) in [7, 11) is 0. The molecule has 0 atom stereocenters. The molecular formula is C10H7S. The number of hydrogen-bond acceptors (Lipinski definition) is 1. The summed E-state index contributed by atoms with van der Waals surface area (Å²) in [6.07, 6.45) is 5.11. The first-order valence-electron chi connectivity index (χ1n) is 3.58. The molecule has 2 rings (SSSR count). The zero-order chi connectivity index (χ0) is 7.68. The molecule has 53 valence electrons. The van der Waals surface area contributed by atoms with Gasteiger partial charge in [0.2, 0.25) is 0 Å². The summed E-state index contributed by atoms with van der Waals surface area (Å²) in [4.78, 5) is 1.03. The highest BCUT2D eigenvalue weighted by atomic mass is 32.1. The predicted octanol–water partition coefficient (Wildman–Crippen LogP) is 2.62. The average molecular weight is 159 g/mol. The summed E-state index contributed by atoms with van der Waals surface area (Å²) in [6.45, 7) is 0. The van der Waals surface area contributed by atoms with Gasteiger partial charge in [0, 0.05) is 11.3 Å². The third kappa shape index (κ3) is 1.12. The maximum absolute atomic E-state index is 5.19. The van der Waals surface area contributed by atoms with E-state index in [-0.39, 0.29) is 0 Å². The second-order valence-electron chi connectivity index (χ2n) is 2.54. The van der Waals surface area contributed by atoms with E-state index in [1.165, 1.54) is 11.1 Å². The van der Waals surface area contributed by atoms with Crippen LogP contribution in [0.1, 0.15) is 17.5 Å². The van der Waals surface area contributed by atoms with Crippen LogP contribution in [0.15, 0.2) is 24.3 Å². The van der Waals surface area contributed by atoms with E-state index < -0.39 is 0 Å². The molecule has 0 aromatic heterocycles. The third-order valence-electron chi connectivity index (χ3n) is 1.80. The molecular weight excluding hydrogens is 152 g/mol. The van der Waals surface area contributed by atoms with Gasteiger partial charge < -0.3 is 0 Å². The van der Waals surface area contributed by atoms with Crippen molar-refractivity contribution >= 4 is 23.2 Å². The Morgan fingerprint density at radius 3 is 3.18 bits per heavy atom. The van der Waals surface area contributed by atoms with Gasteiger partial charge in [-0.25, -0.2) is 0 Å². The fraction of sp³-hybridized carbons (Fsp3) is 0.100. The monoisotopic (exact) mass is 159 g/mol. The normalized spacial score (nSPS) is 14.7. The molecule has 0 heterocycles. The lowest BCUT2D eigenvalue weighted by atomic mass is 9.98. The minimum absolute atomic E-state index is 0.903. The van der Waals surface area contributed by atoms with E-state index in [0.717, 1.165) is 11.3 Å². The maximum atomic E-state index is 5.19. The van der Waals surface area contributed by atoms with Crippen LogP contribution in [0.25, 0.3) is 6.08 Å². The molecule has 0 nitrogen and oxygen atoms in total. The van der Waals surface area contributed by atoms with Crippen LogP contribution in [-0.4, -0.2) is 4.86 Å². The van der Waals surface area contributed by atoms with Gasteiger partial charge in [0.25, 0.3) is 0 Å². The van der Waals surface area contributed by atoms with Crippen LogP contribution < -0.4 is 0 Å². The topological polar surface area (TPSA) is 0 Å². The van der Waals surface area contributed by atoms with E-state index in [4.69, 9.17) is 12.2 Å². The van der Waals surface area contributed by atoms with Crippen LogP contribution in [0.4, 0.5) is 0 Å². The Morgan fingerprint density at radius 1 is 1.45 bits per heavy atom. The fourth-order valence-electron chi connectivity index (χ4n) is 1.23. The molecule has 0 bridgehead atoms. The Bertz CT molecular complexity index is 323. The quantitative estimate of drug-likeness (QED) is 0.524. The molecule has 1 radical (unpaired) electrons. The van der Waals surface area contributed by atoms with E-state index in [9.17, 15) is 0 Å². The summed E-state index contributed by atoms with van der Waals surface area (Å²) in [5.41, 5.74) is 2.39. The largest absolute Gasteiger partial charge is 0.0839 e. The van der Waals surface area contributed by atoms with Gasteiger partial charge in [0.15, 0.2) is 0 Å². The standard InChI is InChI=1S/C10H7S/c11-10-7-3-5-8-4-1-2-6-9(8)10/h1,3-6H,7H2. The molecule has 1 aliphatic rings. The van der Waals surface area contributed by atoms with E-state index in [1.807, 2.05) is 18.2 Å². The number of benzene rings is 1. The highest BCUT2D eigenvalue weighted by Crippen LogP contribution is 2.18. The minimum atomic E-state index is 0.903. The van der Waals surface area contributed by atoms with Crippen LogP contribution in [0.5, 0.6) is 0 Å². The Balaban J connectivity index is 2.63. The number of hydrogen-bond donors (Lipinski definition) is 0. The Labute approximate surface area is 71.6 Å². The lowest BCUT2D eigenvalue weighted by Gasteiger charge is -2.09. The van der Waals surface area contributed by atoms with E-state index in [2.05, 4.69) is 18.2 Å². The molecule has 0 fully saturated rings. The molecule has 0 N–H and O–H groups in total. The summed E-state index contributed by atoms with van der Waals surface area (Å²) >= 11 is 5.19. The van der Waals surface area contributed by atoms with Crippen molar-refractivity contribution < 1.29 is 0 Å². The van der Waals surface area contributed by atoms with E-state index in [0.29, 0.717) is 0 Å². The van der Waals surface area contributed by atoms with Gasteiger partial charge in [-0.05, 0) is 23.3 Å². The molecule has 0 spiro atoms. The minimum Gasteiger partial charge on any atom is -0.0839 e. The summed E-state index contributed by atoms with van der Waals surface area (Å²) in [6, 6.07) is 8.94. The number of fused-ring (bicyclic) bond motifs is 1. The zero-order valence-corrected chi connectivity index (χ0v) is 6.82. The van der Waals surface area contributed by atoms with Crippen LogP contribution >= 0.6 is 12.2 Å². The van der Waals surface area contributed by atoms with Crippen molar-refractivity contribution in [1.82, 2.24) is 0 Å². The SMILES string of the molecule is S=C1CC=Cc2cc[c]cc21. The summed E-state index contributed by atoms with van der Waals surface area (Å²) < 4.78 is 0. The highest BCUT2D eigenvalue weighted by Gasteiger charge is 2.06. The van der Waals surface area contributed by atoms with Crippen molar-refractivity contribution in [3.05, 3.63) is 41.5 Å². The van der Waals surface area contributed by atoms with Crippen LogP contribution in [0, 0.1) is 6.07 Å². The molecule has 0 saturated carbocycles. The van der Waals surface area contributed by atoms with Gasteiger partial charge in [-0.15, -0.1) is 0 Å². The van der Waals surface area contributed by atoms with Crippen LogP contribution in [0.2, 0.25) is 0 Å². The van der Waals surface area contributed by atoms with Gasteiger partial charge in [0.1, 0.15) is 0 Å². The lowest BCUT2D eigenvalue weighted by molar-refractivity contribution is 1.45. The van der Waals surface area contributed by atoms with Crippen molar-refractivity contribution in [2.45, 2.75) is 6.42 Å². The van der Waals surface area contributed by atoms with E-state index in [1.54, 1.807) is 0 Å². The van der Waals surface area contributed by atoms with E-state index >= 15 is 0 Å². The first-order valence-corrected chi connectivity index (χ1v) is 3.98. The summed E-state index contributed by atoms with van der Waals surface area (Å²) in [5, 5.41) is 0. The maximum Gasteiger partial charge on any atom is 0.0268 e. The molecule has 1 aromatic carbocycles. The highest BCUT2D eigenvalue weighted by molar-refractivity contribution is 7.80. The number of allylic oxidation sites excluding steroid dienone is 1. The van der Waals surface area contributed by atoms with Crippen molar-refractivity contribution in [2.75, 3.05) is 0 Å². The molecule has 1 heteroatoms. The third-order valence-corrected chi connectivity index (χ3v) is 2.19. The van der Waals surface area contributed by atoms with Crippen molar-refractivity contribution in [2.24, 2.45) is 0 Å². The second-order valence-corrected chi connectivity index (χ2v) is 3.04. The molecule has 0 saturated heterocycles. The Morgan fingerprint density at radius 2 is 2.36 bits per heavy atom. The van der Waals surface area contributed by atoms with Gasteiger partial charge in [-0.3, -0.25) is 0 Å². The predicted molar refractivity (Wildman–Crippen MR) is 50.6 cm³/mol. The lowest BCUT2D eigenvalue weighted by Crippen LogP contribution is -2.01. The molecule has 11 heavy (non-hydrogen) atoms. The number of thiocarbonyl (C=S) groups is 1. The smallest absolute Gasteiger partial charge is 0.0268 e. The van der Waals surface area contributed by atoms with Gasteiger partial charge in [-0.1, -0.05) is 36.5 Å². The summed E-state index contributed by atoms with van der Waals surface area (Å²) in [5.74, 6) is 0. The zero-order valence-electron chi connectivity index (χ0n) is 6.00. The number of rotatable bonds is 0. The molecule has 0 unspecified atom stereocenters. The Kier molecular flexibility index (Phi) is 1.59. The molecule has 0 aliphatic heterocycles. The molecule has 0 amide bonds. The Hall–Kier alpha value is -0.950. The van der Waals surface area contributed by atoms with Crippen molar-refractivity contribution in [3.8, 4) is 0 Å². The molecule has 1 aliphatic carbocycles. The van der Waals surface area contributed by atoms with Gasteiger partial charge >= 0.3 is 0 Å². The first-order chi connectivity index (χ1) is 5.38.